The van der Waals surface area contributed by atoms with Crippen molar-refractivity contribution in [3.05, 3.63) is 70.7 Å². The smallest absolute Gasteiger partial charge is 0.0464 e. The van der Waals surface area contributed by atoms with Crippen LogP contribution >= 0.6 is 11.6 Å². The molecule has 0 spiro atoms. The Morgan fingerprint density at radius 3 is 2.07 bits per heavy atom. The number of nitrogens with one attached hydrogen (secondary N) is 1. The van der Waals surface area contributed by atoms with E-state index < -0.39 is 0 Å². The number of hydrogen-bond donors (Lipinski definition) is 1. The first-order chi connectivity index (χ1) is 14.0. The van der Waals surface area contributed by atoms with Gasteiger partial charge in [-0.25, -0.2) is 0 Å². The van der Waals surface area contributed by atoms with Gasteiger partial charge in [-0.3, -0.25) is 4.90 Å². The van der Waals surface area contributed by atoms with Gasteiger partial charge >= 0.3 is 0 Å². The zero-order valence-electron chi connectivity index (χ0n) is 18.9. The molecule has 3 atom stereocenters. The Bertz CT molecular complexity index is 696. The van der Waals surface area contributed by atoms with Crippen LogP contribution in [0.15, 0.2) is 54.6 Å². The van der Waals surface area contributed by atoms with E-state index in [0.717, 1.165) is 24.5 Å². The van der Waals surface area contributed by atoms with Gasteiger partial charge in [0, 0.05) is 16.6 Å². The maximum Gasteiger partial charge on any atom is 0.0464 e. The second-order valence-electron chi connectivity index (χ2n) is 8.17. The van der Waals surface area contributed by atoms with Gasteiger partial charge in [-0.2, -0.15) is 0 Å². The second-order valence-corrected chi connectivity index (χ2v) is 8.60. The van der Waals surface area contributed by atoms with Crippen LogP contribution in [-0.2, 0) is 12.0 Å². The van der Waals surface area contributed by atoms with Gasteiger partial charge in [0.2, 0.25) is 0 Å². The Morgan fingerprint density at radius 1 is 1.00 bits per heavy atom. The molecule has 2 nitrogen and oxygen atoms in total. The van der Waals surface area contributed by atoms with Gasteiger partial charge in [-0.05, 0) is 75.0 Å². The normalized spacial score (nSPS) is 24.1. The Labute approximate surface area is 183 Å². The maximum atomic E-state index is 6.09. The number of benzene rings is 2. The molecule has 1 saturated carbocycles. The summed E-state index contributed by atoms with van der Waals surface area (Å²) < 4.78 is 0. The molecule has 0 amide bonds. The van der Waals surface area contributed by atoms with Gasteiger partial charge in [0.1, 0.15) is 0 Å². The third kappa shape index (κ3) is 6.07. The third-order valence-electron chi connectivity index (χ3n) is 6.59. The van der Waals surface area contributed by atoms with Crippen molar-refractivity contribution in [1.29, 1.82) is 0 Å². The highest BCUT2D eigenvalue weighted by Gasteiger charge is 2.43. The van der Waals surface area contributed by atoms with E-state index in [-0.39, 0.29) is 5.54 Å². The molecule has 0 aliphatic heterocycles. The van der Waals surface area contributed by atoms with E-state index in [1.54, 1.807) is 0 Å². The summed E-state index contributed by atoms with van der Waals surface area (Å²) >= 11 is 6.09. The van der Waals surface area contributed by atoms with E-state index in [0.29, 0.717) is 12.0 Å². The molecule has 160 valence electrons. The van der Waals surface area contributed by atoms with Crippen molar-refractivity contribution in [1.82, 2.24) is 10.2 Å². The molecule has 0 heterocycles. The second kappa shape index (κ2) is 11.7. The predicted molar refractivity (Wildman–Crippen MR) is 128 cm³/mol. The number of aryl methyl sites for hydroxylation is 1. The highest BCUT2D eigenvalue weighted by molar-refractivity contribution is 6.30. The Hall–Kier alpha value is -1.35. The summed E-state index contributed by atoms with van der Waals surface area (Å²) in [5.74, 6) is 0.681. The Morgan fingerprint density at radius 2 is 1.62 bits per heavy atom. The number of nitrogens with zero attached hydrogens (tertiary/aromatic N) is 1. The van der Waals surface area contributed by atoms with Crippen molar-refractivity contribution in [3.8, 4) is 0 Å². The van der Waals surface area contributed by atoms with E-state index in [1.165, 1.54) is 30.4 Å². The molecule has 0 aromatic heterocycles. The third-order valence-corrected chi connectivity index (χ3v) is 6.84. The molecule has 3 unspecified atom stereocenters. The first kappa shape index (κ1) is 23.9. The fraction of sp³-hybridized carbons (Fsp3) is 0.538. The van der Waals surface area contributed by atoms with Crippen LogP contribution in [0, 0.1) is 5.92 Å². The SMILES string of the molecule is CCN(CC)C1(c2ccc(Cl)cc2)CCC(NC)C(C)C1.CCc1ccccc1. The average molecular weight is 415 g/mol. The van der Waals surface area contributed by atoms with E-state index in [1.807, 2.05) is 18.2 Å². The summed E-state index contributed by atoms with van der Waals surface area (Å²) in [6.07, 6.45) is 4.80. The van der Waals surface area contributed by atoms with Crippen LogP contribution in [0.5, 0.6) is 0 Å². The van der Waals surface area contributed by atoms with Crippen LogP contribution in [0.3, 0.4) is 0 Å². The molecule has 29 heavy (non-hydrogen) atoms. The summed E-state index contributed by atoms with van der Waals surface area (Å²) in [6, 6.07) is 19.6. The maximum absolute atomic E-state index is 6.09. The standard InChI is InChI=1S/C18H29ClN2.C8H10/c1-5-21(6-2)18(15-7-9-16(19)10-8-15)12-11-17(20-4)14(3)13-18;1-2-8-6-4-3-5-7-8/h7-10,14,17,20H,5-6,11-13H2,1-4H3;3-7H,2H2,1H3. The number of hydrogen-bond acceptors (Lipinski definition) is 2. The van der Waals surface area contributed by atoms with Crippen LogP contribution in [0.4, 0.5) is 0 Å². The van der Waals surface area contributed by atoms with Crippen LogP contribution in [0.25, 0.3) is 0 Å². The minimum absolute atomic E-state index is 0.168. The fourth-order valence-corrected chi connectivity index (χ4v) is 5.05. The Kier molecular flexibility index (Phi) is 9.68. The average Bonchev–Trinajstić information content (AvgIpc) is 2.76. The van der Waals surface area contributed by atoms with E-state index in [2.05, 4.69) is 81.4 Å². The summed E-state index contributed by atoms with van der Waals surface area (Å²) in [7, 11) is 2.09. The molecule has 2 aromatic carbocycles. The van der Waals surface area contributed by atoms with Crippen molar-refractivity contribution in [2.45, 2.75) is 65.0 Å². The first-order valence-corrected chi connectivity index (χ1v) is 11.6. The van der Waals surface area contributed by atoms with Gasteiger partial charge < -0.3 is 5.32 Å². The highest BCUT2D eigenvalue weighted by Crippen LogP contribution is 2.44. The summed E-state index contributed by atoms with van der Waals surface area (Å²) in [5.41, 5.74) is 3.01. The summed E-state index contributed by atoms with van der Waals surface area (Å²) in [5, 5.41) is 4.31. The van der Waals surface area contributed by atoms with Gasteiger partial charge in [0.25, 0.3) is 0 Å². The molecule has 3 rings (SSSR count). The van der Waals surface area contributed by atoms with Gasteiger partial charge in [-0.15, -0.1) is 0 Å². The lowest BCUT2D eigenvalue weighted by molar-refractivity contribution is 0.0253. The fourth-order valence-electron chi connectivity index (χ4n) is 4.92. The van der Waals surface area contributed by atoms with Crippen LogP contribution in [0.1, 0.15) is 58.1 Å². The molecule has 0 bridgehead atoms. The zero-order valence-corrected chi connectivity index (χ0v) is 19.7. The number of rotatable bonds is 6. The van der Waals surface area contributed by atoms with E-state index in [4.69, 9.17) is 11.6 Å². The van der Waals surface area contributed by atoms with E-state index >= 15 is 0 Å². The molecular weight excluding hydrogens is 376 g/mol. The molecule has 1 fully saturated rings. The van der Waals surface area contributed by atoms with Crippen molar-refractivity contribution in [2.75, 3.05) is 20.1 Å². The minimum Gasteiger partial charge on any atom is -0.317 e. The topological polar surface area (TPSA) is 15.3 Å². The molecule has 3 heteroatoms. The lowest BCUT2D eigenvalue weighted by atomic mass is 9.69. The monoisotopic (exact) mass is 414 g/mol. The van der Waals surface area contributed by atoms with Gasteiger partial charge in [0.15, 0.2) is 0 Å². The molecular formula is C26H39ClN2. The van der Waals surface area contributed by atoms with Crippen LogP contribution in [-0.4, -0.2) is 31.1 Å². The van der Waals surface area contributed by atoms with Crippen molar-refractivity contribution in [2.24, 2.45) is 5.92 Å². The largest absolute Gasteiger partial charge is 0.317 e. The molecule has 0 saturated heterocycles. The number of halogens is 1. The lowest BCUT2D eigenvalue weighted by Gasteiger charge is -2.50. The minimum atomic E-state index is 0.168. The summed E-state index contributed by atoms with van der Waals surface area (Å²) in [4.78, 5) is 2.64. The molecule has 1 aliphatic carbocycles. The highest BCUT2D eigenvalue weighted by atomic mass is 35.5. The quantitative estimate of drug-likeness (QED) is 0.577. The van der Waals surface area contributed by atoms with Crippen molar-refractivity contribution >= 4 is 11.6 Å². The molecule has 1 N–H and O–H groups in total. The van der Waals surface area contributed by atoms with Crippen LogP contribution in [0.2, 0.25) is 5.02 Å². The first-order valence-electron chi connectivity index (χ1n) is 11.2. The van der Waals surface area contributed by atoms with E-state index in [9.17, 15) is 0 Å². The Balaban J connectivity index is 0.000000313. The predicted octanol–water partition coefficient (Wildman–Crippen LogP) is 6.53. The van der Waals surface area contributed by atoms with Crippen molar-refractivity contribution < 1.29 is 0 Å². The van der Waals surface area contributed by atoms with Crippen LogP contribution < -0.4 is 5.32 Å². The summed E-state index contributed by atoms with van der Waals surface area (Å²) in [6.45, 7) is 11.3. The zero-order chi connectivity index (χ0) is 21.3. The van der Waals surface area contributed by atoms with Gasteiger partial charge in [-0.1, -0.05) is 81.8 Å². The molecule has 1 aliphatic rings. The molecule has 0 radical (unpaired) electrons. The van der Waals surface area contributed by atoms with Gasteiger partial charge in [0.05, 0.1) is 0 Å². The molecule has 2 aromatic rings. The lowest BCUT2D eigenvalue weighted by Crippen LogP contribution is -2.53. The van der Waals surface area contributed by atoms with Crippen molar-refractivity contribution in [3.63, 3.8) is 0 Å².